The molecule has 2 aromatic carbocycles. The summed E-state index contributed by atoms with van der Waals surface area (Å²) in [5.41, 5.74) is 3.13. The van der Waals surface area contributed by atoms with Crippen molar-refractivity contribution < 1.29 is 9.59 Å². The average molecular weight is 397 g/mol. The molecule has 0 aliphatic carbocycles. The number of hydrogen-bond acceptors (Lipinski definition) is 4. The normalized spacial score (nSPS) is 10.7. The molecule has 6 nitrogen and oxygen atoms in total. The fourth-order valence-corrected chi connectivity index (χ4v) is 3.00. The second-order valence-corrected chi connectivity index (χ2v) is 7.57. The van der Waals surface area contributed by atoms with Crippen molar-refractivity contribution in [3.05, 3.63) is 59.7 Å². The van der Waals surface area contributed by atoms with Crippen LogP contribution in [0.2, 0.25) is 0 Å². The van der Waals surface area contributed by atoms with E-state index in [2.05, 4.69) is 15.5 Å². The summed E-state index contributed by atoms with van der Waals surface area (Å²) < 4.78 is 0. The Balaban J connectivity index is 2.00. The second kappa shape index (κ2) is 11.2. The highest BCUT2D eigenvalue weighted by Gasteiger charge is 2.14. The zero-order valence-corrected chi connectivity index (χ0v) is 17.9. The lowest BCUT2D eigenvalue weighted by atomic mass is 10.1. The molecular formula is C23H32N4O2. The van der Waals surface area contributed by atoms with Crippen LogP contribution in [0.25, 0.3) is 0 Å². The molecule has 0 aromatic heterocycles. The number of rotatable bonds is 10. The third kappa shape index (κ3) is 7.58. The van der Waals surface area contributed by atoms with Gasteiger partial charge in [-0.05, 0) is 57.2 Å². The highest BCUT2D eigenvalue weighted by atomic mass is 16.2. The van der Waals surface area contributed by atoms with Crippen molar-refractivity contribution in [3.8, 4) is 0 Å². The van der Waals surface area contributed by atoms with Gasteiger partial charge in [0, 0.05) is 38.4 Å². The van der Waals surface area contributed by atoms with Crippen molar-refractivity contribution in [1.29, 1.82) is 0 Å². The van der Waals surface area contributed by atoms with E-state index < -0.39 is 0 Å². The SMILES string of the molecule is CN(C)CCCNC(=O)c1cc(NC(=O)CCc2ccccc2)ccc1N(C)C. The van der Waals surface area contributed by atoms with Gasteiger partial charge in [-0.3, -0.25) is 9.59 Å². The van der Waals surface area contributed by atoms with Gasteiger partial charge in [-0.2, -0.15) is 0 Å². The molecule has 0 heterocycles. The van der Waals surface area contributed by atoms with Gasteiger partial charge >= 0.3 is 0 Å². The summed E-state index contributed by atoms with van der Waals surface area (Å²) in [5, 5.41) is 5.88. The molecule has 6 heteroatoms. The van der Waals surface area contributed by atoms with Gasteiger partial charge in [0.05, 0.1) is 5.56 Å². The number of nitrogens with zero attached hydrogens (tertiary/aromatic N) is 2. The molecule has 2 amide bonds. The minimum Gasteiger partial charge on any atom is -0.377 e. The lowest BCUT2D eigenvalue weighted by Gasteiger charge is -2.19. The Labute approximate surface area is 173 Å². The Morgan fingerprint density at radius 3 is 2.34 bits per heavy atom. The molecule has 0 aliphatic rings. The maximum absolute atomic E-state index is 12.7. The van der Waals surface area contributed by atoms with E-state index in [0.717, 1.165) is 24.2 Å². The third-order valence-electron chi connectivity index (χ3n) is 4.56. The summed E-state index contributed by atoms with van der Waals surface area (Å²) >= 11 is 0. The number of amides is 2. The van der Waals surface area contributed by atoms with E-state index in [4.69, 9.17) is 0 Å². The molecule has 156 valence electrons. The van der Waals surface area contributed by atoms with Crippen LogP contribution in [-0.4, -0.2) is 58.0 Å². The first-order valence-electron chi connectivity index (χ1n) is 9.95. The summed E-state index contributed by atoms with van der Waals surface area (Å²) in [6.45, 7) is 1.52. The lowest BCUT2D eigenvalue weighted by molar-refractivity contribution is -0.116. The molecule has 0 radical (unpaired) electrons. The summed E-state index contributed by atoms with van der Waals surface area (Å²) in [6, 6.07) is 15.4. The maximum Gasteiger partial charge on any atom is 0.253 e. The number of anilines is 2. The van der Waals surface area contributed by atoms with Gasteiger partial charge in [0.1, 0.15) is 0 Å². The average Bonchev–Trinajstić information content (AvgIpc) is 2.70. The number of nitrogens with one attached hydrogen (secondary N) is 2. The van der Waals surface area contributed by atoms with Gasteiger partial charge in [0.15, 0.2) is 0 Å². The number of aryl methyl sites for hydroxylation is 1. The van der Waals surface area contributed by atoms with Crippen molar-refractivity contribution in [2.24, 2.45) is 0 Å². The van der Waals surface area contributed by atoms with Gasteiger partial charge in [0.25, 0.3) is 5.91 Å². The van der Waals surface area contributed by atoms with Crippen LogP contribution in [0.15, 0.2) is 48.5 Å². The van der Waals surface area contributed by atoms with E-state index in [1.807, 2.05) is 75.6 Å². The molecule has 0 fully saturated rings. The van der Waals surface area contributed by atoms with Crippen molar-refractivity contribution in [2.75, 3.05) is 51.5 Å². The summed E-state index contributed by atoms with van der Waals surface area (Å²) in [6.07, 6.45) is 1.96. The maximum atomic E-state index is 12.7. The molecule has 0 spiro atoms. The topological polar surface area (TPSA) is 64.7 Å². The Kier molecular flexibility index (Phi) is 8.68. The minimum absolute atomic E-state index is 0.0659. The summed E-state index contributed by atoms with van der Waals surface area (Å²) in [7, 11) is 7.82. The van der Waals surface area contributed by atoms with Gasteiger partial charge < -0.3 is 20.4 Å². The molecule has 0 saturated carbocycles. The van der Waals surface area contributed by atoms with Crippen molar-refractivity contribution in [3.63, 3.8) is 0 Å². The van der Waals surface area contributed by atoms with E-state index in [1.165, 1.54) is 0 Å². The molecule has 29 heavy (non-hydrogen) atoms. The van der Waals surface area contributed by atoms with E-state index in [1.54, 1.807) is 6.07 Å². The van der Waals surface area contributed by atoms with Crippen LogP contribution in [0.1, 0.15) is 28.8 Å². The quantitative estimate of drug-likeness (QED) is 0.606. The molecular weight excluding hydrogens is 364 g/mol. The van der Waals surface area contributed by atoms with Crippen LogP contribution >= 0.6 is 0 Å². The molecule has 0 bridgehead atoms. The van der Waals surface area contributed by atoms with Crippen LogP contribution < -0.4 is 15.5 Å². The van der Waals surface area contributed by atoms with Gasteiger partial charge in [-0.1, -0.05) is 30.3 Å². The van der Waals surface area contributed by atoms with Crippen LogP contribution in [0, 0.1) is 0 Å². The predicted octanol–water partition coefficient (Wildman–Crippen LogP) is 3.01. The number of carbonyl (C=O) groups excluding carboxylic acids is 2. The van der Waals surface area contributed by atoms with E-state index >= 15 is 0 Å². The van der Waals surface area contributed by atoms with Crippen molar-refractivity contribution in [1.82, 2.24) is 10.2 Å². The van der Waals surface area contributed by atoms with Crippen molar-refractivity contribution >= 4 is 23.2 Å². The molecule has 2 rings (SSSR count). The van der Waals surface area contributed by atoms with Crippen LogP contribution in [0.3, 0.4) is 0 Å². The molecule has 0 aliphatic heterocycles. The zero-order valence-electron chi connectivity index (χ0n) is 17.9. The first kappa shape index (κ1) is 22.4. The molecule has 0 atom stereocenters. The molecule has 0 unspecified atom stereocenters. The summed E-state index contributed by atoms with van der Waals surface area (Å²) in [4.78, 5) is 29.0. The molecule has 2 N–H and O–H groups in total. The minimum atomic E-state index is -0.132. The Bertz CT molecular complexity index is 804. The smallest absolute Gasteiger partial charge is 0.253 e. The fraction of sp³-hybridized carbons (Fsp3) is 0.391. The number of carbonyl (C=O) groups is 2. The van der Waals surface area contributed by atoms with Crippen LogP contribution in [0.5, 0.6) is 0 Å². The van der Waals surface area contributed by atoms with Crippen LogP contribution in [-0.2, 0) is 11.2 Å². The van der Waals surface area contributed by atoms with Crippen molar-refractivity contribution in [2.45, 2.75) is 19.3 Å². The highest BCUT2D eigenvalue weighted by molar-refractivity contribution is 6.02. The highest BCUT2D eigenvalue weighted by Crippen LogP contribution is 2.23. The Morgan fingerprint density at radius 1 is 0.966 bits per heavy atom. The predicted molar refractivity (Wildman–Crippen MR) is 120 cm³/mol. The largest absolute Gasteiger partial charge is 0.377 e. The number of benzene rings is 2. The van der Waals surface area contributed by atoms with Gasteiger partial charge in [-0.15, -0.1) is 0 Å². The molecule has 2 aromatic rings. The second-order valence-electron chi connectivity index (χ2n) is 7.57. The van der Waals surface area contributed by atoms with E-state index in [9.17, 15) is 9.59 Å². The lowest BCUT2D eigenvalue weighted by Crippen LogP contribution is -2.28. The van der Waals surface area contributed by atoms with E-state index in [0.29, 0.717) is 30.6 Å². The monoisotopic (exact) mass is 396 g/mol. The first-order chi connectivity index (χ1) is 13.9. The van der Waals surface area contributed by atoms with E-state index in [-0.39, 0.29) is 11.8 Å². The Hall–Kier alpha value is -2.86. The standard InChI is InChI=1S/C23H32N4O2/c1-26(2)16-8-15-24-23(29)20-17-19(12-13-21(20)27(3)4)25-22(28)14-11-18-9-6-5-7-10-18/h5-7,9-10,12-13,17H,8,11,14-16H2,1-4H3,(H,24,29)(H,25,28). The summed E-state index contributed by atoms with van der Waals surface area (Å²) in [5.74, 6) is -0.198. The van der Waals surface area contributed by atoms with Gasteiger partial charge in [0.2, 0.25) is 5.91 Å². The fourth-order valence-electron chi connectivity index (χ4n) is 3.00. The van der Waals surface area contributed by atoms with Crippen LogP contribution in [0.4, 0.5) is 11.4 Å². The van der Waals surface area contributed by atoms with Gasteiger partial charge in [-0.25, -0.2) is 0 Å². The third-order valence-corrected chi connectivity index (χ3v) is 4.56. The Morgan fingerprint density at radius 2 is 1.69 bits per heavy atom. The first-order valence-corrected chi connectivity index (χ1v) is 9.95. The number of hydrogen-bond donors (Lipinski definition) is 2. The molecule has 0 saturated heterocycles. The zero-order chi connectivity index (χ0) is 21.2.